The highest BCUT2D eigenvalue weighted by Crippen LogP contribution is 2.36. The summed E-state index contributed by atoms with van der Waals surface area (Å²) < 4.78 is 33.5. The van der Waals surface area contributed by atoms with Gasteiger partial charge in [0.1, 0.15) is 12.0 Å². The quantitative estimate of drug-likeness (QED) is 0.384. The lowest BCUT2D eigenvalue weighted by Gasteiger charge is -2.35. The molecule has 0 aliphatic carbocycles. The van der Waals surface area contributed by atoms with Crippen LogP contribution in [-0.4, -0.2) is 95.4 Å². The molecule has 0 spiro atoms. The number of hydrogen-bond acceptors (Lipinski definition) is 9. The number of morpholine rings is 1. The summed E-state index contributed by atoms with van der Waals surface area (Å²) in [6.07, 6.45) is 2.56. The smallest absolute Gasteiger partial charge is 0.320 e. The molecule has 40 heavy (non-hydrogen) atoms. The van der Waals surface area contributed by atoms with Crippen LogP contribution < -0.4 is 9.64 Å². The Labute approximate surface area is 247 Å². The minimum absolute atomic E-state index is 0. The van der Waals surface area contributed by atoms with Gasteiger partial charge in [-0.1, -0.05) is 0 Å². The van der Waals surface area contributed by atoms with E-state index >= 15 is 4.39 Å². The Bertz CT molecular complexity index is 1360. The molecular weight excluding hydrogens is 555 g/mol. The SMILES string of the molecule is CCOC(=O)CN1CCC(c2cc3c(cnn3-c3cc(N4CC5CC4CO5)nc(OC)n3)cc2C)C(F)C1.S.S. The average Bonchev–Trinajstić information content (AvgIpc) is 3.64. The Morgan fingerprint density at radius 3 is 2.65 bits per heavy atom. The first-order chi connectivity index (χ1) is 18.4. The van der Waals surface area contributed by atoms with Crippen molar-refractivity contribution >= 4 is 49.7 Å². The maximum Gasteiger partial charge on any atom is 0.320 e. The molecule has 3 saturated heterocycles. The molecule has 4 unspecified atom stereocenters. The molecule has 3 aliphatic rings. The first-order valence-electron chi connectivity index (χ1n) is 13.3. The van der Waals surface area contributed by atoms with Crippen molar-refractivity contribution in [1.29, 1.82) is 0 Å². The largest absolute Gasteiger partial charge is 0.467 e. The van der Waals surface area contributed by atoms with Crippen molar-refractivity contribution in [1.82, 2.24) is 24.6 Å². The number of nitrogens with zero attached hydrogens (tertiary/aromatic N) is 6. The van der Waals surface area contributed by atoms with E-state index < -0.39 is 6.17 Å². The van der Waals surface area contributed by atoms with Gasteiger partial charge >= 0.3 is 12.0 Å². The minimum atomic E-state index is -1.09. The number of benzene rings is 1. The van der Waals surface area contributed by atoms with E-state index in [0.29, 0.717) is 38.0 Å². The molecule has 5 heterocycles. The molecule has 2 aromatic heterocycles. The van der Waals surface area contributed by atoms with Crippen molar-refractivity contribution < 1.29 is 23.4 Å². The number of aromatic nitrogens is 4. The predicted octanol–water partition coefficient (Wildman–Crippen LogP) is 3.03. The van der Waals surface area contributed by atoms with Crippen LogP contribution in [0.15, 0.2) is 24.4 Å². The summed E-state index contributed by atoms with van der Waals surface area (Å²) in [5, 5.41) is 5.59. The van der Waals surface area contributed by atoms with Crippen molar-refractivity contribution in [3.05, 3.63) is 35.5 Å². The number of fused-ring (bicyclic) bond motifs is 3. The summed E-state index contributed by atoms with van der Waals surface area (Å²) in [6, 6.07) is 6.60. The van der Waals surface area contributed by atoms with Gasteiger partial charge in [-0.15, -0.1) is 0 Å². The average molecular weight is 593 g/mol. The number of alkyl halides is 1. The van der Waals surface area contributed by atoms with E-state index in [-0.39, 0.29) is 64.1 Å². The molecule has 3 fully saturated rings. The lowest BCUT2D eigenvalue weighted by atomic mass is 9.85. The van der Waals surface area contributed by atoms with Crippen molar-refractivity contribution in [3.8, 4) is 11.8 Å². The maximum atomic E-state index is 15.5. The van der Waals surface area contributed by atoms with Gasteiger partial charge in [0.15, 0.2) is 5.82 Å². The lowest BCUT2D eigenvalue weighted by Crippen LogP contribution is -2.43. The Hall–Kier alpha value is -2.61. The molecule has 1 aromatic carbocycles. The standard InChI is InChI=1S/C27H33FN6O4.2H2S/c1-4-37-26(35)14-32-6-5-20(22(28)13-32)21-9-23-17(7-16(21)2)11-29-34(23)25-10-24(30-27(31-25)36-3)33-12-19-8-18(33)15-38-19;;/h7,9-11,18-20,22H,4-6,8,12-15H2,1-3H3;2*1H2. The van der Waals surface area contributed by atoms with E-state index in [9.17, 15) is 4.79 Å². The van der Waals surface area contributed by atoms with Gasteiger partial charge < -0.3 is 19.1 Å². The van der Waals surface area contributed by atoms with E-state index in [1.807, 2.05) is 24.0 Å². The van der Waals surface area contributed by atoms with E-state index in [0.717, 1.165) is 40.8 Å². The molecule has 218 valence electrons. The summed E-state index contributed by atoms with van der Waals surface area (Å²) in [4.78, 5) is 25.2. The van der Waals surface area contributed by atoms with Gasteiger partial charge in [0.05, 0.1) is 50.7 Å². The van der Waals surface area contributed by atoms with Crippen LogP contribution in [0.3, 0.4) is 0 Å². The number of carbonyl (C=O) groups excluding carboxylic acids is 1. The Balaban J connectivity index is 0.00000185. The van der Waals surface area contributed by atoms with Crippen LogP contribution in [0.4, 0.5) is 10.2 Å². The van der Waals surface area contributed by atoms with E-state index in [1.165, 1.54) is 0 Å². The van der Waals surface area contributed by atoms with Crippen LogP contribution in [0.25, 0.3) is 16.7 Å². The Kier molecular flexibility index (Phi) is 9.48. The normalized spacial score (nSPS) is 24.1. The summed E-state index contributed by atoms with van der Waals surface area (Å²) >= 11 is 0. The molecular formula is C27H37FN6O4S2. The van der Waals surface area contributed by atoms with Gasteiger partial charge in [0, 0.05) is 30.5 Å². The zero-order chi connectivity index (χ0) is 26.4. The van der Waals surface area contributed by atoms with Crippen LogP contribution in [0, 0.1) is 6.92 Å². The molecule has 0 N–H and O–H groups in total. The minimum Gasteiger partial charge on any atom is -0.467 e. The summed E-state index contributed by atoms with van der Waals surface area (Å²) in [5.74, 6) is 0.809. The second-order valence-electron chi connectivity index (χ2n) is 10.3. The Morgan fingerprint density at radius 2 is 1.98 bits per heavy atom. The maximum absolute atomic E-state index is 15.5. The second kappa shape index (κ2) is 12.5. The molecule has 4 atom stereocenters. The number of esters is 1. The number of piperidine rings is 1. The van der Waals surface area contributed by atoms with Gasteiger partial charge in [-0.05, 0) is 56.5 Å². The number of hydrogen-bond donors (Lipinski definition) is 0. The van der Waals surface area contributed by atoms with Crippen LogP contribution >= 0.6 is 27.0 Å². The highest BCUT2D eigenvalue weighted by molar-refractivity contribution is 7.59. The van der Waals surface area contributed by atoms with E-state index in [4.69, 9.17) is 14.2 Å². The lowest BCUT2D eigenvalue weighted by molar-refractivity contribution is -0.145. The zero-order valence-electron chi connectivity index (χ0n) is 23.0. The summed E-state index contributed by atoms with van der Waals surface area (Å²) in [5.41, 5.74) is 2.83. The number of likely N-dealkylation sites (tertiary alicyclic amines) is 1. The van der Waals surface area contributed by atoms with Crippen molar-refractivity contribution in [2.24, 2.45) is 0 Å². The first-order valence-corrected chi connectivity index (χ1v) is 13.3. The summed E-state index contributed by atoms with van der Waals surface area (Å²) in [6.45, 7) is 6.56. The van der Waals surface area contributed by atoms with E-state index in [1.54, 1.807) is 24.9 Å². The molecule has 0 amide bonds. The topological polar surface area (TPSA) is 94.8 Å². The van der Waals surface area contributed by atoms with Crippen molar-refractivity contribution in [3.63, 3.8) is 0 Å². The number of anilines is 1. The highest BCUT2D eigenvalue weighted by atomic mass is 32.1. The van der Waals surface area contributed by atoms with Crippen molar-refractivity contribution in [2.45, 2.75) is 50.9 Å². The number of aryl methyl sites for hydroxylation is 1. The van der Waals surface area contributed by atoms with Gasteiger partial charge in [-0.3, -0.25) is 9.69 Å². The van der Waals surface area contributed by atoms with Gasteiger partial charge in [0.2, 0.25) is 0 Å². The fourth-order valence-electron chi connectivity index (χ4n) is 6.06. The molecule has 10 nitrogen and oxygen atoms in total. The third-order valence-corrected chi connectivity index (χ3v) is 7.91. The van der Waals surface area contributed by atoms with Crippen LogP contribution in [-0.2, 0) is 14.3 Å². The van der Waals surface area contributed by atoms with Gasteiger partial charge in [-0.25, -0.2) is 9.07 Å². The third kappa shape index (κ3) is 5.74. The number of rotatable bonds is 7. The molecule has 3 aliphatic heterocycles. The van der Waals surface area contributed by atoms with Crippen LogP contribution in [0.2, 0.25) is 0 Å². The molecule has 3 aromatic rings. The fourth-order valence-corrected chi connectivity index (χ4v) is 6.06. The van der Waals surface area contributed by atoms with Gasteiger partial charge in [0.25, 0.3) is 0 Å². The monoisotopic (exact) mass is 592 g/mol. The number of ether oxygens (including phenoxy) is 3. The van der Waals surface area contributed by atoms with Crippen molar-refractivity contribution in [2.75, 3.05) is 51.4 Å². The fraction of sp³-hybridized carbons (Fsp3) is 0.556. The number of methoxy groups -OCH3 is 1. The van der Waals surface area contributed by atoms with Gasteiger partial charge in [-0.2, -0.15) is 42.1 Å². The molecule has 0 radical (unpaired) electrons. The third-order valence-electron chi connectivity index (χ3n) is 7.91. The predicted molar refractivity (Wildman–Crippen MR) is 160 cm³/mol. The molecule has 6 rings (SSSR count). The van der Waals surface area contributed by atoms with Crippen LogP contribution in [0.1, 0.15) is 36.8 Å². The van der Waals surface area contributed by atoms with Crippen LogP contribution in [0.5, 0.6) is 6.01 Å². The molecule has 13 heteroatoms. The number of carbonyl (C=O) groups is 1. The molecule has 2 bridgehead atoms. The first kappa shape index (κ1) is 30.4. The highest BCUT2D eigenvalue weighted by Gasteiger charge is 2.40. The summed E-state index contributed by atoms with van der Waals surface area (Å²) in [7, 11) is 1.56. The number of halogens is 1. The van der Waals surface area contributed by atoms with E-state index in [2.05, 4.69) is 26.0 Å². The second-order valence-corrected chi connectivity index (χ2v) is 10.3. The molecule has 0 saturated carbocycles. The Morgan fingerprint density at radius 1 is 1.18 bits per heavy atom. The zero-order valence-corrected chi connectivity index (χ0v) is 25.0.